The number of hydrogen-bond donors (Lipinski definition) is 0. The fraction of sp³-hybridized carbons (Fsp3) is 0.167. The molecule has 0 N–H and O–H groups in total. The Balaban J connectivity index is 2.00. The van der Waals surface area contributed by atoms with Gasteiger partial charge in [0.2, 0.25) is 0 Å². The summed E-state index contributed by atoms with van der Waals surface area (Å²) in [7, 11) is 0. The highest BCUT2D eigenvalue weighted by Gasteiger charge is 2.02. The summed E-state index contributed by atoms with van der Waals surface area (Å²) in [6.07, 6.45) is 0. The number of carbonyl (C=O) groups is 1. The monoisotopic (exact) mass is 264 g/mol. The van der Waals surface area contributed by atoms with Gasteiger partial charge in [0, 0.05) is 11.5 Å². The molecular formula is C18H16O2. The zero-order chi connectivity index (χ0) is 14.4. The molecule has 0 radical (unpaired) electrons. The zero-order valence-corrected chi connectivity index (χ0v) is 11.6. The summed E-state index contributed by atoms with van der Waals surface area (Å²) >= 11 is 0. The van der Waals surface area contributed by atoms with Crippen LogP contribution in [0.5, 0.6) is 5.75 Å². The lowest BCUT2D eigenvalue weighted by molar-refractivity contribution is -0.128. The molecule has 20 heavy (non-hydrogen) atoms. The van der Waals surface area contributed by atoms with Crippen molar-refractivity contribution in [2.24, 2.45) is 0 Å². The largest absolute Gasteiger partial charge is 0.417 e. The van der Waals surface area contributed by atoms with Gasteiger partial charge in [0.05, 0.1) is 0 Å². The molecule has 100 valence electrons. The Hall–Kier alpha value is -2.53. The van der Waals surface area contributed by atoms with Gasteiger partial charge < -0.3 is 4.74 Å². The lowest BCUT2D eigenvalue weighted by atomic mass is 10.0. The van der Waals surface area contributed by atoms with Crippen molar-refractivity contribution in [1.29, 1.82) is 0 Å². The predicted octanol–water partition coefficient (Wildman–Crippen LogP) is 3.77. The maximum atomic E-state index is 11.6. The van der Waals surface area contributed by atoms with Crippen LogP contribution in [0.1, 0.15) is 30.9 Å². The Morgan fingerprint density at radius 1 is 1.00 bits per heavy atom. The van der Waals surface area contributed by atoms with Crippen LogP contribution in [0.4, 0.5) is 0 Å². The third kappa shape index (κ3) is 4.00. The Kier molecular flexibility index (Phi) is 4.57. The molecule has 0 aromatic heterocycles. The molecule has 0 saturated heterocycles. The van der Waals surface area contributed by atoms with E-state index in [0.717, 1.165) is 5.56 Å². The molecule has 0 aliphatic carbocycles. The van der Waals surface area contributed by atoms with Crippen LogP contribution in [0.15, 0.2) is 54.6 Å². The van der Waals surface area contributed by atoms with Crippen LogP contribution in [0.25, 0.3) is 0 Å². The van der Waals surface area contributed by atoms with Crippen LogP contribution in [0, 0.1) is 11.8 Å². The third-order valence-electron chi connectivity index (χ3n) is 2.84. The first kappa shape index (κ1) is 13.9. The van der Waals surface area contributed by atoms with Gasteiger partial charge in [0.1, 0.15) is 5.75 Å². The molecule has 2 aromatic carbocycles. The van der Waals surface area contributed by atoms with Gasteiger partial charge in [0.15, 0.2) is 0 Å². The molecule has 2 aromatic rings. The maximum Gasteiger partial charge on any atom is 0.390 e. The predicted molar refractivity (Wildman–Crippen MR) is 79.5 cm³/mol. The lowest BCUT2D eigenvalue weighted by Gasteiger charge is -2.05. The standard InChI is InChI=1S/C18H16O2/c1-14(2)16-9-11-17(12-10-16)20-18(19)13-8-15-6-4-3-5-7-15/h3-7,9-12,14H,1-2H3. The normalized spacial score (nSPS) is 9.75. The number of esters is 1. The minimum atomic E-state index is -0.550. The molecule has 0 aliphatic heterocycles. The number of rotatable bonds is 2. The summed E-state index contributed by atoms with van der Waals surface area (Å²) in [5, 5.41) is 0. The highest BCUT2D eigenvalue weighted by atomic mass is 16.5. The summed E-state index contributed by atoms with van der Waals surface area (Å²) < 4.78 is 5.16. The van der Waals surface area contributed by atoms with Crippen molar-refractivity contribution in [2.75, 3.05) is 0 Å². The van der Waals surface area contributed by atoms with E-state index < -0.39 is 5.97 Å². The molecule has 2 nitrogen and oxygen atoms in total. The van der Waals surface area contributed by atoms with Crippen molar-refractivity contribution in [1.82, 2.24) is 0 Å². The second-order valence-electron chi connectivity index (χ2n) is 4.73. The van der Waals surface area contributed by atoms with Crippen LogP contribution < -0.4 is 4.74 Å². The second-order valence-corrected chi connectivity index (χ2v) is 4.73. The van der Waals surface area contributed by atoms with E-state index >= 15 is 0 Å². The summed E-state index contributed by atoms with van der Waals surface area (Å²) in [6, 6.07) is 16.8. The van der Waals surface area contributed by atoms with Gasteiger partial charge in [-0.3, -0.25) is 0 Å². The minimum Gasteiger partial charge on any atom is -0.417 e. The average molecular weight is 264 g/mol. The first-order valence-electron chi connectivity index (χ1n) is 6.54. The van der Waals surface area contributed by atoms with Gasteiger partial charge in [-0.2, -0.15) is 0 Å². The summed E-state index contributed by atoms with van der Waals surface area (Å²) in [5.74, 6) is 5.67. The molecule has 0 fully saturated rings. The van der Waals surface area contributed by atoms with E-state index in [1.54, 1.807) is 12.1 Å². The van der Waals surface area contributed by atoms with Crippen molar-refractivity contribution in [3.63, 3.8) is 0 Å². The summed E-state index contributed by atoms with van der Waals surface area (Å²) in [4.78, 5) is 11.6. The highest BCUT2D eigenvalue weighted by molar-refractivity contribution is 5.90. The maximum absolute atomic E-state index is 11.6. The van der Waals surface area contributed by atoms with Crippen LogP contribution in [0.3, 0.4) is 0 Å². The highest BCUT2D eigenvalue weighted by Crippen LogP contribution is 2.18. The zero-order valence-electron chi connectivity index (χ0n) is 11.6. The lowest BCUT2D eigenvalue weighted by Crippen LogP contribution is -2.04. The molecule has 2 heteroatoms. The Morgan fingerprint density at radius 2 is 1.65 bits per heavy atom. The Morgan fingerprint density at radius 3 is 2.25 bits per heavy atom. The first-order valence-corrected chi connectivity index (χ1v) is 6.54. The molecule has 0 saturated carbocycles. The second kappa shape index (κ2) is 6.58. The quantitative estimate of drug-likeness (QED) is 0.469. The molecule has 0 heterocycles. The molecule has 0 atom stereocenters. The number of carbonyl (C=O) groups excluding carboxylic acids is 1. The van der Waals surface area contributed by atoms with Crippen LogP contribution in [0.2, 0.25) is 0 Å². The molecule has 0 unspecified atom stereocenters. The Bertz CT molecular complexity index is 629. The van der Waals surface area contributed by atoms with Crippen LogP contribution in [-0.4, -0.2) is 5.97 Å². The average Bonchev–Trinajstić information content (AvgIpc) is 2.47. The van der Waals surface area contributed by atoms with E-state index in [2.05, 4.69) is 25.7 Å². The fourth-order valence-corrected chi connectivity index (χ4v) is 1.70. The number of hydrogen-bond acceptors (Lipinski definition) is 2. The molecule has 0 bridgehead atoms. The number of ether oxygens (including phenoxy) is 1. The van der Waals surface area contributed by atoms with Crippen molar-refractivity contribution in [3.8, 4) is 17.6 Å². The first-order chi connectivity index (χ1) is 9.65. The van der Waals surface area contributed by atoms with Gasteiger partial charge in [0.25, 0.3) is 0 Å². The van der Waals surface area contributed by atoms with Crippen molar-refractivity contribution < 1.29 is 9.53 Å². The van der Waals surface area contributed by atoms with E-state index in [-0.39, 0.29) is 0 Å². The molecule has 0 aliphatic rings. The number of benzene rings is 2. The minimum absolute atomic E-state index is 0.456. The van der Waals surface area contributed by atoms with Gasteiger partial charge in [-0.1, -0.05) is 50.1 Å². The van der Waals surface area contributed by atoms with E-state index in [9.17, 15) is 4.79 Å². The van der Waals surface area contributed by atoms with Crippen molar-refractivity contribution in [3.05, 3.63) is 65.7 Å². The van der Waals surface area contributed by atoms with E-state index in [4.69, 9.17) is 4.74 Å². The van der Waals surface area contributed by atoms with Crippen LogP contribution in [-0.2, 0) is 4.79 Å². The van der Waals surface area contributed by atoms with E-state index in [1.165, 1.54) is 5.56 Å². The van der Waals surface area contributed by atoms with Gasteiger partial charge in [-0.25, -0.2) is 4.79 Å². The summed E-state index contributed by atoms with van der Waals surface area (Å²) in [5.41, 5.74) is 2.00. The molecule has 0 amide bonds. The van der Waals surface area contributed by atoms with E-state index in [0.29, 0.717) is 11.7 Å². The summed E-state index contributed by atoms with van der Waals surface area (Å²) in [6.45, 7) is 4.23. The van der Waals surface area contributed by atoms with Crippen LogP contribution >= 0.6 is 0 Å². The van der Waals surface area contributed by atoms with Gasteiger partial charge in [-0.05, 0) is 35.7 Å². The van der Waals surface area contributed by atoms with Crippen molar-refractivity contribution >= 4 is 5.97 Å². The smallest absolute Gasteiger partial charge is 0.390 e. The topological polar surface area (TPSA) is 26.3 Å². The van der Waals surface area contributed by atoms with Gasteiger partial charge >= 0.3 is 5.97 Å². The molecular weight excluding hydrogens is 248 g/mol. The Labute approximate surface area is 119 Å². The molecule has 0 spiro atoms. The van der Waals surface area contributed by atoms with E-state index in [1.807, 2.05) is 42.5 Å². The SMILES string of the molecule is CC(C)c1ccc(OC(=O)C#Cc2ccccc2)cc1. The fourth-order valence-electron chi connectivity index (χ4n) is 1.70. The van der Waals surface area contributed by atoms with Crippen molar-refractivity contribution in [2.45, 2.75) is 19.8 Å². The molecule has 2 rings (SSSR count). The third-order valence-corrected chi connectivity index (χ3v) is 2.84. The van der Waals surface area contributed by atoms with Gasteiger partial charge in [-0.15, -0.1) is 0 Å².